The van der Waals surface area contributed by atoms with Gasteiger partial charge in [0, 0.05) is 44.8 Å². The van der Waals surface area contributed by atoms with Gasteiger partial charge < -0.3 is 20.0 Å². The van der Waals surface area contributed by atoms with E-state index in [0.29, 0.717) is 26.1 Å². The van der Waals surface area contributed by atoms with Crippen LogP contribution >= 0.6 is 0 Å². The lowest BCUT2D eigenvalue weighted by molar-refractivity contribution is -0.132. The van der Waals surface area contributed by atoms with Gasteiger partial charge in [-0.1, -0.05) is 49.4 Å². The second-order valence-electron chi connectivity index (χ2n) is 8.32. The zero-order valence-corrected chi connectivity index (χ0v) is 18.9. The maximum absolute atomic E-state index is 13.1. The normalized spacial score (nSPS) is 13.1. The van der Waals surface area contributed by atoms with Gasteiger partial charge in [-0.15, -0.1) is 0 Å². The Morgan fingerprint density at radius 2 is 1.81 bits per heavy atom. The van der Waals surface area contributed by atoms with E-state index in [4.69, 9.17) is 0 Å². The Bertz CT molecular complexity index is 882. The standard InChI is InChI=1S/C25H34N4O2/c1-4-24(30)28-14-13-21-11-8-12-23(22(21)19-28)26-17-25(31)29(16-15-27(2)3)18-20-9-6-5-7-10-20/h5-12,26H,4,13-19H2,1-3H3. The maximum Gasteiger partial charge on any atom is 0.242 e. The van der Waals surface area contributed by atoms with Crippen LogP contribution in [0.2, 0.25) is 0 Å². The number of carbonyl (C=O) groups excluding carboxylic acids is 2. The minimum atomic E-state index is 0.0700. The number of nitrogens with zero attached hydrogens (tertiary/aromatic N) is 3. The Balaban J connectivity index is 1.68. The lowest BCUT2D eigenvalue weighted by atomic mass is 9.97. The molecule has 6 nitrogen and oxygen atoms in total. The fraction of sp³-hybridized carbons (Fsp3) is 0.440. The second kappa shape index (κ2) is 11.0. The van der Waals surface area contributed by atoms with E-state index in [1.165, 1.54) is 5.56 Å². The number of amides is 2. The van der Waals surface area contributed by atoms with Crippen LogP contribution in [0.5, 0.6) is 0 Å². The number of likely N-dealkylation sites (N-methyl/N-ethyl adjacent to an activating group) is 1. The second-order valence-corrected chi connectivity index (χ2v) is 8.32. The van der Waals surface area contributed by atoms with Gasteiger partial charge in [-0.2, -0.15) is 0 Å². The number of fused-ring (bicyclic) bond motifs is 1. The summed E-state index contributed by atoms with van der Waals surface area (Å²) >= 11 is 0. The highest BCUT2D eigenvalue weighted by molar-refractivity contribution is 5.81. The van der Waals surface area contributed by atoms with Gasteiger partial charge in [0.25, 0.3) is 0 Å². The van der Waals surface area contributed by atoms with Crippen LogP contribution in [0.1, 0.15) is 30.0 Å². The minimum absolute atomic E-state index is 0.0700. The average molecular weight is 423 g/mol. The molecule has 0 atom stereocenters. The number of hydrogen-bond acceptors (Lipinski definition) is 4. The van der Waals surface area contributed by atoms with Gasteiger partial charge in [-0.3, -0.25) is 9.59 Å². The molecule has 0 fully saturated rings. The zero-order valence-electron chi connectivity index (χ0n) is 18.9. The Morgan fingerprint density at radius 1 is 1.03 bits per heavy atom. The van der Waals surface area contributed by atoms with E-state index in [2.05, 4.69) is 28.4 Å². The predicted octanol–water partition coefficient (Wildman–Crippen LogP) is 2.98. The number of carbonyl (C=O) groups is 2. The van der Waals surface area contributed by atoms with Crippen molar-refractivity contribution in [1.29, 1.82) is 0 Å². The van der Waals surface area contributed by atoms with Crippen molar-refractivity contribution in [2.24, 2.45) is 0 Å². The third-order valence-corrected chi connectivity index (χ3v) is 5.74. The van der Waals surface area contributed by atoms with Crippen molar-refractivity contribution < 1.29 is 9.59 Å². The van der Waals surface area contributed by atoms with Gasteiger partial charge in [0.2, 0.25) is 11.8 Å². The van der Waals surface area contributed by atoms with Gasteiger partial charge in [0.1, 0.15) is 0 Å². The first-order valence-corrected chi connectivity index (χ1v) is 11.1. The number of nitrogens with one attached hydrogen (secondary N) is 1. The molecule has 1 aliphatic rings. The van der Waals surface area contributed by atoms with Crippen molar-refractivity contribution >= 4 is 17.5 Å². The van der Waals surface area contributed by atoms with Crippen molar-refractivity contribution in [3.05, 3.63) is 65.2 Å². The highest BCUT2D eigenvalue weighted by atomic mass is 16.2. The summed E-state index contributed by atoms with van der Waals surface area (Å²) in [6.07, 6.45) is 1.37. The Hall–Kier alpha value is -2.86. The van der Waals surface area contributed by atoms with Gasteiger partial charge in [-0.25, -0.2) is 0 Å². The molecule has 6 heteroatoms. The monoisotopic (exact) mass is 422 g/mol. The van der Waals surface area contributed by atoms with Crippen molar-refractivity contribution in [3.8, 4) is 0 Å². The number of hydrogen-bond donors (Lipinski definition) is 1. The van der Waals surface area contributed by atoms with Crippen LogP contribution < -0.4 is 5.32 Å². The molecule has 166 valence electrons. The molecule has 0 saturated carbocycles. The fourth-order valence-corrected chi connectivity index (χ4v) is 3.88. The first-order valence-electron chi connectivity index (χ1n) is 11.1. The molecule has 1 N–H and O–H groups in total. The smallest absolute Gasteiger partial charge is 0.242 e. The largest absolute Gasteiger partial charge is 0.376 e. The van der Waals surface area contributed by atoms with E-state index in [0.717, 1.165) is 36.3 Å². The topological polar surface area (TPSA) is 55.9 Å². The number of rotatable bonds is 9. The van der Waals surface area contributed by atoms with Crippen LogP contribution in [0.25, 0.3) is 0 Å². The number of anilines is 1. The Labute approximate surface area is 185 Å². The molecule has 2 amide bonds. The van der Waals surface area contributed by atoms with Gasteiger partial charge in [0.15, 0.2) is 0 Å². The molecular weight excluding hydrogens is 388 g/mol. The van der Waals surface area contributed by atoms with Crippen molar-refractivity contribution in [1.82, 2.24) is 14.7 Å². The third kappa shape index (κ3) is 6.31. The van der Waals surface area contributed by atoms with Crippen LogP contribution in [0, 0.1) is 0 Å². The Morgan fingerprint density at radius 3 is 2.52 bits per heavy atom. The summed E-state index contributed by atoms with van der Waals surface area (Å²) in [5.41, 5.74) is 4.46. The summed E-state index contributed by atoms with van der Waals surface area (Å²) in [7, 11) is 4.03. The molecule has 0 saturated heterocycles. The average Bonchev–Trinajstić information content (AvgIpc) is 2.79. The van der Waals surface area contributed by atoms with Crippen LogP contribution in [-0.2, 0) is 29.1 Å². The van der Waals surface area contributed by atoms with Gasteiger partial charge in [-0.05, 0) is 43.3 Å². The molecule has 2 aromatic carbocycles. The molecule has 0 unspecified atom stereocenters. The summed E-state index contributed by atoms with van der Waals surface area (Å²) in [6, 6.07) is 16.2. The molecule has 0 aliphatic carbocycles. The van der Waals surface area contributed by atoms with Crippen LogP contribution in [-0.4, -0.2) is 66.8 Å². The van der Waals surface area contributed by atoms with E-state index < -0.39 is 0 Å². The molecule has 0 aromatic heterocycles. The molecule has 0 bridgehead atoms. The lowest BCUT2D eigenvalue weighted by Gasteiger charge is -2.31. The van der Waals surface area contributed by atoms with Crippen LogP contribution in [0.3, 0.4) is 0 Å². The molecule has 3 rings (SSSR count). The summed E-state index contributed by atoms with van der Waals surface area (Å²) in [6.45, 7) is 5.59. The molecule has 0 radical (unpaired) electrons. The third-order valence-electron chi connectivity index (χ3n) is 5.74. The summed E-state index contributed by atoms with van der Waals surface area (Å²) in [5.74, 6) is 0.245. The predicted molar refractivity (Wildman–Crippen MR) is 125 cm³/mol. The zero-order chi connectivity index (χ0) is 22.2. The van der Waals surface area contributed by atoms with Gasteiger partial charge in [0.05, 0.1) is 6.54 Å². The molecule has 1 aliphatic heterocycles. The fourth-order valence-electron chi connectivity index (χ4n) is 3.88. The van der Waals surface area contributed by atoms with Crippen LogP contribution in [0.4, 0.5) is 5.69 Å². The number of benzene rings is 2. The summed E-state index contributed by atoms with van der Waals surface area (Å²) < 4.78 is 0. The van der Waals surface area contributed by atoms with E-state index in [1.54, 1.807) is 0 Å². The highest BCUT2D eigenvalue weighted by Crippen LogP contribution is 2.26. The molecule has 31 heavy (non-hydrogen) atoms. The van der Waals surface area contributed by atoms with Crippen molar-refractivity contribution in [2.75, 3.05) is 45.6 Å². The van der Waals surface area contributed by atoms with E-state index in [1.807, 2.05) is 61.2 Å². The minimum Gasteiger partial charge on any atom is -0.376 e. The molecular formula is C25H34N4O2. The SMILES string of the molecule is CCC(=O)N1CCc2cccc(NCC(=O)N(CCN(C)C)Cc3ccccc3)c2C1. The first-order chi connectivity index (χ1) is 15.0. The van der Waals surface area contributed by atoms with E-state index in [-0.39, 0.29) is 18.4 Å². The van der Waals surface area contributed by atoms with Gasteiger partial charge >= 0.3 is 0 Å². The summed E-state index contributed by atoms with van der Waals surface area (Å²) in [4.78, 5) is 31.2. The molecule has 2 aromatic rings. The Kier molecular flexibility index (Phi) is 8.06. The van der Waals surface area contributed by atoms with E-state index in [9.17, 15) is 9.59 Å². The maximum atomic E-state index is 13.1. The van der Waals surface area contributed by atoms with E-state index >= 15 is 0 Å². The molecule has 0 spiro atoms. The first kappa shape index (κ1) is 22.8. The van der Waals surface area contributed by atoms with Crippen LogP contribution in [0.15, 0.2) is 48.5 Å². The van der Waals surface area contributed by atoms with Crippen molar-refractivity contribution in [2.45, 2.75) is 32.9 Å². The van der Waals surface area contributed by atoms with Crippen molar-refractivity contribution in [3.63, 3.8) is 0 Å². The lowest BCUT2D eigenvalue weighted by Crippen LogP contribution is -2.39. The summed E-state index contributed by atoms with van der Waals surface area (Å²) in [5, 5.41) is 3.36. The highest BCUT2D eigenvalue weighted by Gasteiger charge is 2.22. The molecule has 1 heterocycles. The quantitative estimate of drug-likeness (QED) is 0.675.